The van der Waals surface area contributed by atoms with E-state index in [-0.39, 0.29) is 36.3 Å². The van der Waals surface area contributed by atoms with Crippen molar-refractivity contribution in [3.05, 3.63) is 58.2 Å². The third-order valence-electron chi connectivity index (χ3n) is 5.74. The first-order valence-electron chi connectivity index (χ1n) is 10.5. The van der Waals surface area contributed by atoms with E-state index in [4.69, 9.17) is 4.52 Å². The average Bonchev–Trinajstić information content (AvgIpc) is 3.51. The molecule has 5 rings (SSSR count). The molecule has 3 amide bonds. The van der Waals surface area contributed by atoms with Gasteiger partial charge in [-0.3, -0.25) is 19.7 Å². The highest BCUT2D eigenvalue weighted by atomic mass is 32.1. The van der Waals surface area contributed by atoms with Crippen LogP contribution >= 0.6 is 11.3 Å². The van der Waals surface area contributed by atoms with Gasteiger partial charge in [0.1, 0.15) is 11.6 Å². The summed E-state index contributed by atoms with van der Waals surface area (Å²) < 4.78 is 18.1. The highest BCUT2D eigenvalue weighted by Crippen LogP contribution is 2.31. The lowest BCUT2D eigenvalue weighted by Gasteiger charge is -2.28. The number of anilines is 2. The fourth-order valence-electron chi connectivity index (χ4n) is 4.07. The molecule has 3 aromatic rings. The Labute approximate surface area is 192 Å². The lowest BCUT2D eigenvalue weighted by Crippen LogP contribution is -2.40. The Morgan fingerprint density at radius 1 is 1.27 bits per heavy atom. The summed E-state index contributed by atoms with van der Waals surface area (Å²) in [5, 5.41) is 6.87. The fraction of sp³-hybridized carbons (Fsp3) is 0.318. The van der Waals surface area contributed by atoms with Gasteiger partial charge in [-0.05, 0) is 31.2 Å². The number of fused-ring (bicyclic) bond motifs is 1. The molecule has 170 valence electrons. The number of benzene rings is 1. The molecule has 1 aromatic carbocycles. The van der Waals surface area contributed by atoms with Gasteiger partial charge in [-0.2, -0.15) is 0 Å². The maximum Gasteiger partial charge on any atom is 0.279 e. The topological polar surface area (TPSA) is 109 Å². The van der Waals surface area contributed by atoms with Gasteiger partial charge in [0.2, 0.25) is 11.8 Å². The lowest BCUT2D eigenvalue weighted by molar-refractivity contribution is -0.136. The quantitative estimate of drug-likeness (QED) is 0.630. The maximum atomic E-state index is 13.2. The number of carbonyl (C=O) groups excluding carboxylic acids is 3. The Kier molecular flexibility index (Phi) is 5.41. The van der Waals surface area contributed by atoms with Crippen molar-refractivity contribution in [1.29, 1.82) is 0 Å². The average molecular weight is 469 g/mol. The molecule has 11 heteroatoms. The zero-order valence-electron chi connectivity index (χ0n) is 17.7. The minimum atomic E-state index is -0.452. The van der Waals surface area contributed by atoms with Crippen molar-refractivity contribution in [3.63, 3.8) is 0 Å². The maximum absolute atomic E-state index is 13.2. The molecule has 1 saturated heterocycles. The summed E-state index contributed by atoms with van der Waals surface area (Å²) in [5.74, 6) is -0.934. The molecule has 0 radical (unpaired) electrons. The molecular weight excluding hydrogens is 449 g/mol. The van der Waals surface area contributed by atoms with Crippen LogP contribution < -0.4 is 10.2 Å². The van der Waals surface area contributed by atoms with Gasteiger partial charge in [-0.25, -0.2) is 9.37 Å². The van der Waals surface area contributed by atoms with Crippen LogP contribution in [0.4, 0.5) is 15.2 Å². The van der Waals surface area contributed by atoms with Crippen LogP contribution in [0.2, 0.25) is 0 Å². The molecule has 0 bridgehead atoms. The molecule has 4 heterocycles. The first-order chi connectivity index (χ1) is 15.9. The SMILES string of the molecule is Cc1cc(C(=O)Nc2nc3c(s2)CN(C(=O)C2CC(=O)N(c4ccc(F)cc4)C2)CC3)no1. The second kappa shape index (κ2) is 8.39. The molecule has 0 aliphatic carbocycles. The number of amides is 3. The third-order valence-corrected chi connectivity index (χ3v) is 6.73. The number of nitrogens with one attached hydrogen (secondary N) is 1. The molecule has 2 aliphatic rings. The molecule has 33 heavy (non-hydrogen) atoms. The van der Waals surface area contributed by atoms with E-state index in [1.165, 1.54) is 28.4 Å². The van der Waals surface area contributed by atoms with Gasteiger partial charge < -0.3 is 14.3 Å². The number of aryl methyl sites for hydroxylation is 1. The van der Waals surface area contributed by atoms with Crippen molar-refractivity contribution < 1.29 is 23.3 Å². The van der Waals surface area contributed by atoms with E-state index >= 15 is 0 Å². The zero-order chi connectivity index (χ0) is 23.1. The number of aromatic nitrogens is 2. The Bertz CT molecular complexity index is 1240. The van der Waals surface area contributed by atoms with Gasteiger partial charge in [0.05, 0.1) is 18.2 Å². The first-order valence-corrected chi connectivity index (χ1v) is 11.3. The van der Waals surface area contributed by atoms with Crippen LogP contribution in [0.1, 0.15) is 33.2 Å². The number of hydrogen-bond donors (Lipinski definition) is 1. The Morgan fingerprint density at radius 3 is 2.79 bits per heavy atom. The van der Waals surface area contributed by atoms with E-state index in [1.54, 1.807) is 30.0 Å². The Balaban J connectivity index is 1.23. The van der Waals surface area contributed by atoms with E-state index in [0.717, 1.165) is 10.6 Å². The van der Waals surface area contributed by atoms with Crippen LogP contribution in [0, 0.1) is 18.7 Å². The Morgan fingerprint density at radius 2 is 2.06 bits per heavy atom. The summed E-state index contributed by atoms with van der Waals surface area (Å²) in [6, 6.07) is 7.23. The highest BCUT2D eigenvalue weighted by Gasteiger charge is 2.38. The number of thiazole rings is 1. The number of hydrogen-bond acceptors (Lipinski definition) is 7. The van der Waals surface area contributed by atoms with Crippen LogP contribution in [-0.2, 0) is 22.6 Å². The molecular formula is C22H20FN5O4S. The van der Waals surface area contributed by atoms with Crippen LogP contribution in [0.3, 0.4) is 0 Å². The van der Waals surface area contributed by atoms with Gasteiger partial charge >= 0.3 is 0 Å². The molecule has 2 aliphatic heterocycles. The number of nitrogens with zero attached hydrogens (tertiary/aromatic N) is 4. The summed E-state index contributed by atoms with van der Waals surface area (Å²) in [7, 11) is 0. The van der Waals surface area contributed by atoms with Gasteiger partial charge in [-0.1, -0.05) is 16.5 Å². The predicted octanol–water partition coefficient (Wildman–Crippen LogP) is 2.77. The zero-order valence-corrected chi connectivity index (χ0v) is 18.5. The van der Waals surface area contributed by atoms with Crippen molar-refractivity contribution >= 4 is 39.9 Å². The van der Waals surface area contributed by atoms with Crippen molar-refractivity contribution in [2.24, 2.45) is 5.92 Å². The molecule has 1 unspecified atom stereocenters. The first kappa shape index (κ1) is 21.3. The highest BCUT2D eigenvalue weighted by molar-refractivity contribution is 7.15. The van der Waals surface area contributed by atoms with Gasteiger partial charge in [0.15, 0.2) is 10.8 Å². The van der Waals surface area contributed by atoms with Crippen LogP contribution in [0.15, 0.2) is 34.9 Å². The van der Waals surface area contributed by atoms with E-state index in [9.17, 15) is 18.8 Å². The summed E-state index contributed by atoms with van der Waals surface area (Å²) in [6.45, 7) is 2.85. The van der Waals surface area contributed by atoms with Crippen molar-refractivity contribution in [1.82, 2.24) is 15.0 Å². The van der Waals surface area contributed by atoms with E-state index < -0.39 is 11.8 Å². The van der Waals surface area contributed by atoms with Gasteiger partial charge in [-0.15, -0.1) is 0 Å². The van der Waals surface area contributed by atoms with Gasteiger partial charge in [0, 0.05) is 42.6 Å². The Hall–Kier alpha value is -3.60. The minimum Gasteiger partial charge on any atom is -0.361 e. The van der Waals surface area contributed by atoms with Crippen molar-refractivity contribution in [3.8, 4) is 0 Å². The lowest BCUT2D eigenvalue weighted by atomic mass is 10.1. The standard InChI is InChI=1S/C22H20FN5O4S/c1-12-8-17(26-32-12)20(30)25-22-24-16-6-7-27(11-18(16)33-22)21(31)13-9-19(29)28(10-13)15-4-2-14(23)3-5-15/h2-5,8,13H,6-7,9-11H2,1H3,(H,24,25,30). The van der Waals surface area contributed by atoms with E-state index in [1.807, 2.05) is 0 Å². The molecule has 2 aromatic heterocycles. The summed E-state index contributed by atoms with van der Waals surface area (Å²) in [4.78, 5) is 46.6. The van der Waals surface area contributed by atoms with Crippen LogP contribution in [0.5, 0.6) is 0 Å². The van der Waals surface area contributed by atoms with Crippen molar-refractivity contribution in [2.45, 2.75) is 26.3 Å². The van der Waals surface area contributed by atoms with Crippen LogP contribution in [-0.4, -0.2) is 45.9 Å². The van der Waals surface area contributed by atoms with E-state index in [0.29, 0.717) is 36.1 Å². The smallest absolute Gasteiger partial charge is 0.279 e. The number of rotatable bonds is 4. The van der Waals surface area contributed by atoms with Crippen molar-refractivity contribution in [2.75, 3.05) is 23.3 Å². The predicted molar refractivity (Wildman–Crippen MR) is 117 cm³/mol. The molecule has 1 N–H and O–H groups in total. The summed E-state index contributed by atoms with van der Waals surface area (Å²) in [5.41, 5.74) is 1.61. The van der Waals surface area contributed by atoms with E-state index in [2.05, 4.69) is 15.5 Å². The second-order valence-corrected chi connectivity index (χ2v) is 9.14. The number of carbonyl (C=O) groups is 3. The third kappa shape index (κ3) is 4.23. The molecule has 0 spiro atoms. The normalized spacial score (nSPS) is 17.9. The number of halogens is 1. The monoisotopic (exact) mass is 469 g/mol. The molecule has 1 fully saturated rings. The second-order valence-electron chi connectivity index (χ2n) is 8.06. The summed E-state index contributed by atoms with van der Waals surface area (Å²) in [6.07, 6.45) is 0.694. The summed E-state index contributed by atoms with van der Waals surface area (Å²) >= 11 is 1.32. The molecule has 1 atom stereocenters. The molecule has 9 nitrogen and oxygen atoms in total. The van der Waals surface area contributed by atoms with Gasteiger partial charge in [0.25, 0.3) is 5.91 Å². The fourth-order valence-corrected chi connectivity index (χ4v) is 5.09. The molecule has 0 saturated carbocycles. The minimum absolute atomic E-state index is 0.0873. The largest absolute Gasteiger partial charge is 0.361 e. The van der Waals surface area contributed by atoms with Crippen LogP contribution in [0.25, 0.3) is 0 Å².